The van der Waals surface area contributed by atoms with Crippen molar-refractivity contribution in [2.24, 2.45) is 11.8 Å². The molecule has 0 spiro atoms. The van der Waals surface area contributed by atoms with Gasteiger partial charge in [0.05, 0.1) is 0 Å². The van der Waals surface area contributed by atoms with E-state index in [1.807, 2.05) is 0 Å². The van der Waals surface area contributed by atoms with E-state index in [0.717, 1.165) is 49.8 Å². The van der Waals surface area contributed by atoms with E-state index in [1.165, 1.54) is 59.1 Å². The van der Waals surface area contributed by atoms with Gasteiger partial charge in [-0.3, -0.25) is 4.90 Å². The summed E-state index contributed by atoms with van der Waals surface area (Å²) in [6.45, 7) is 14.5. The zero-order valence-electron chi connectivity index (χ0n) is 24.4. The van der Waals surface area contributed by atoms with Crippen molar-refractivity contribution in [3.05, 3.63) is 76.0 Å². The van der Waals surface area contributed by atoms with Crippen LogP contribution in [-0.4, -0.2) is 35.0 Å². The van der Waals surface area contributed by atoms with E-state index >= 15 is 0 Å². The number of fused-ring (bicyclic) bond motifs is 1. The molecule has 1 aliphatic carbocycles. The summed E-state index contributed by atoms with van der Waals surface area (Å²) in [5, 5.41) is 0. The Kier molecular flexibility index (Phi) is 8.18. The van der Waals surface area contributed by atoms with E-state index in [1.54, 1.807) is 0 Å². The summed E-state index contributed by atoms with van der Waals surface area (Å²) in [5.74, 6) is 3.41. The molecule has 2 heterocycles. The Morgan fingerprint density at radius 1 is 0.921 bits per heavy atom. The highest BCUT2D eigenvalue weighted by Gasteiger charge is 2.29. The van der Waals surface area contributed by atoms with Gasteiger partial charge < -0.3 is 4.90 Å². The van der Waals surface area contributed by atoms with Crippen molar-refractivity contribution in [3.63, 3.8) is 0 Å². The molecule has 3 atom stereocenters. The zero-order chi connectivity index (χ0) is 26.8. The lowest BCUT2D eigenvalue weighted by Gasteiger charge is -2.38. The summed E-state index contributed by atoms with van der Waals surface area (Å²) < 4.78 is 0. The van der Waals surface area contributed by atoms with Crippen molar-refractivity contribution < 1.29 is 0 Å². The van der Waals surface area contributed by atoms with Crippen molar-refractivity contribution in [2.45, 2.75) is 85.7 Å². The maximum Gasteiger partial charge on any atom is 0.162 e. The molecule has 38 heavy (non-hydrogen) atoms. The van der Waals surface area contributed by atoms with Crippen LogP contribution in [0.5, 0.6) is 0 Å². The largest absolute Gasteiger partial charge is 0.356 e. The van der Waals surface area contributed by atoms with Gasteiger partial charge in [-0.2, -0.15) is 0 Å². The number of nitrogens with zero attached hydrogens (tertiary/aromatic N) is 4. The lowest BCUT2D eigenvalue weighted by Crippen LogP contribution is -2.40. The van der Waals surface area contributed by atoms with Crippen molar-refractivity contribution >= 4 is 5.82 Å². The van der Waals surface area contributed by atoms with Crippen LogP contribution < -0.4 is 4.90 Å². The molecule has 1 saturated heterocycles. The van der Waals surface area contributed by atoms with E-state index in [9.17, 15) is 0 Å². The first-order valence-corrected chi connectivity index (χ1v) is 14.9. The van der Waals surface area contributed by atoms with Gasteiger partial charge in [0.15, 0.2) is 5.82 Å². The normalized spacial score (nSPS) is 21.6. The molecule has 1 aromatic heterocycles. The topological polar surface area (TPSA) is 32.3 Å². The van der Waals surface area contributed by atoms with Crippen molar-refractivity contribution in [1.29, 1.82) is 0 Å². The van der Waals surface area contributed by atoms with Gasteiger partial charge in [-0.1, -0.05) is 70.2 Å². The molecular weight excluding hydrogens is 464 g/mol. The molecule has 4 heteroatoms. The number of piperidine rings is 1. The van der Waals surface area contributed by atoms with Crippen LogP contribution in [0.2, 0.25) is 0 Å². The average molecular weight is 511 g/mol. The third kappa shape index (κ3) is 5.38. The molecule has 0 N–H and O–H groups in total. The van der Waals surface area contributed by atoms with Gasteiger partial charge in [-0.25, -0.2) is 9.97 Å². The number of aryl methyl sites for hydroxylation is 4. The van der Waals surface area contributed by atoms with Gasteiger partial charge in [-0.15, -0.1) is 0 Å². The molecule has 1 fully saturated rings. The lowest BCUT2D eigenvalue weighted by molar-refractivity contribution is 0.212. The first-order chi connectivity index (χ1) is 18.4. The number of rotatable bonds is 7. The van der Waals surface area contributed by atoms with E-state index in [-0.39, 0.29) is 0 Å². The van der Waals surface area contributed by atoms with Crippen molar-refractivity contribution in [1.82, 2.24) is 14.9 Å². The average Bonchev–Trinajstić information content (AvgIpc) is 2.92. The molecule has 3 aromatic rings. The molecule has 0 bridgehead atoms. The van der Waals surface area contributed by atoms with Gasteiger partial charge in [-0.05, 0) is 86.6 Å². The third-order valence-electron chi connectivity index (χ3n) is 8.86. The first kappa shape index (κ1) is 26.9. The number of hydrogen-bond acceptors (Lipinski definition) is 4. The molecule has 1 aliphatic heterocycles. The SMILES string of the molecule is CCc1cccc(CC)c1-c1nc(C)c(CN(C)C2CCCc3ccccc32)c(N2CC(C)CC(C)C2)n1. The molecule has 0 saturated carbocycles. The maximum atomic E-state index is 5.44. The monoisotopic (exact) mass is 510 g/mol. The smallest absolute Gasteiger partial charge is 0.162 e. The first-order valence-electron chi connectivity index (χ1n) is 14.9. The maximum absolute atomic E-state index is 5.44. The summed E-state index contributed by atoms with van der Waals surface area (Å²) in [5.41, 5.74) is 9.38. The zero-order valence-corrected chi connectivity index (χ0v) is 24.4. The third-order valence-corrected chi connectivity index (χ3v) is 8.86. The number of anilines is 1. The summed E-state index contributed by atoms with van der Waals surface area (Å²) in [7, 11) is 2.30. The van der Waals surface area contributed by atoms with Crippen molar-refractivity contribution in [2.75, 3.05) is 25.0 Å². The summed E-state index contributed by atoms with van der Waals surface area (Å²) in [4.78, 5) is 15.8. The molecule has 5 rings (SSSR count). The van der Waals surface area contributed by atoms with Crippen LogP contribution in [-0.2, 0) is 25.8 Å². The Balaban J connectivity index is 1.59. The van der Waals surface area contributed by atoms with Crippen LogP contribution in [0, 0.1) is 18.8 Å². The fourth-order valence-electron chi connectivity index (χ4n) is 7.05. The van der Waals surface area contributed by atoms with E-state index in [4.69, 9.17) is 9.97 Å². The summed E-state index contributed by atoms with van der Waals surface area (Å²) >= 11 is 0. The number of aromatic nitrogens is 2. The second-order valence-corrected chi connectivity index (χ2v) is 12.0. The predicted molar refractivity (Wildman–Crippen MR) is 160 cm³/mol. The molecular formula is C34H46N4. The molecule has 2 aliphatic rings. The Labute approximate surface area is 230 Å². The van der Waals surface area contributed by atoms with Gasteiger partial charge in [0.25, 0.3) is 0 Å². The minimum absolute atomic E-state index is 0.443. The van der Waals surface area contributed by atoms with E-state index in [2.05, 4.69) is 93.9 Å². The molecule has 2 aromatic carbocycles. The summed E-state index contributed by atoms with van der Waals surface area (Å²) in [6, 6.07) is 16.2. The highest BCUT2D eigenvalue weighted by molar-refractivity contribution is 5.68. The van der Waals surface area contributed by atoms with Gasteiger partial charge in [0, 0.05) is 42.5 Å². The summed E-state index contributed by atoms with van der Waals surface area (Å²) in [6.07, 6.45) is 6.93. The van der Waals surface area contributed by atoms with Crippen LogP contribution in [0.25, 0.3) is 11.4 Å². The Morgan fingerprint density at radius 2 is 1.61 bits per heavy atom. The van der Waals surface area contributed by atoms with Crippen LogP contribution in [0.15, 0.2) is 42.5 Å². The Morgan fingerprint density at radius 3 is 2.29 bits per heavy atom. The van der Waals surface area contributed by atoms with Crippen LogP contribution in [0.3, 0.4) is 0 Å². The quantitative estimate of drug-likeness (QED) is 0.328. The van der Waals surface area contributed by atoms with Gasteiger partial charge in [0.1, 0.15) is 5.82 Å². The lowest BCUT2D eigenvalue weighted by atomic mass is 9.87. The highest BCUT2D eigenvalue weighted by atomic mass is 15.2. The second-order valence-electron chi connectivity index (χ2n) is 12.0. The minimum Gasteiger partial charge on any atom is -0.356 e. The van der Waals surface area contributed by atoms with Crippen LogP contribution in [0.1, 0.15) is 86.5 Å². The molecule has 4 nitrogen and oxygen atoms in total. The number of benzene rings is 2. The van der Waals surface area contributed by atoms with Crippen LogP contribution in [0.4, 0.5) is 5.82 Å². The van der Waals surface area contributed by atoms with Crippen LogP contribution >= 0.6 is 0 Å². The minimum atomic E-state index is 0.443. The fraction of sp³-hybridized carbons (Fsp3) is 0.529. The van der Waals surface area contributed by atoms with E-state index < -0.39 is 0 Å². The number of hydrogen-bond donors (Lipinski definition) is 0. The highest BCUT2D eigenvalue weighted by Crippen LogP contribution is 2.37. The molecule has 0 amide bonds. The van der Waals surface area contributed by atoms with E-state index in [0.29, 0.717) is 17.9 Å². The Bertz CT molecular complexity index is 1230. The molecule has 3 unspecified atom stereocenters. The van der Waals surface area contributed by atoms with Crippen molar-refractivity contribution in [3.8, 4) is 11.4 Å². The Hall–Kier alpha value is -2.72. The van der Waals surface area contributed by atoms with Gasteiger partial charge in [0.2, 0.25) is 0 Å². The molecule has 202 valence electrons. The predicted octanol–water partition coefficient (Wildman–Crippen LogP) is 7.57. The van der Waals surface area contributed by atoms with Gasteiger partial charge >= 0.3 is 0 Å². The second kappa shape index (κ2) is 11.6. The molecule has 0 radical (unpaired) electrons. The fourth-order valence-corrected chi connectivity index (χ4v) is 7.05. The standard InChI is InChI=1S/C34H46N4/c1-7-26-14-11-15-27(8-2)32(26)33-35-25(5)30(34(36-33)38-20-23(3)19-24(4)21-38)22-37(6)31-18-12-16-28-13-9-10-17-29(28)31/h9-11,13-15,17,23-24,31H,7-8,12,16,18-22H2,1-6H3.